The Balaban J connectivity index is 1.66. The largest absolute Gasteiger partial charge is 0.339 e. The molecular formula is C13H17N3OS. The monoisotopic (exact) mass is 263 g/mol. The predicted octanol–water partition coefficient (Wildman–Crippen LogP) is 2.73. The van der Waals surface area contributed by atoms with E-state index < -0.39 is 0 Å². The summed E-state index contributed by atoms with van der Waals surface area (Å²) in [6, 6.07) is 4.03. The quantitative estimate of drug-likeness (QED) is 0.925. The van der Waals surface area contributed by atoms with Gasteiger partial charge in [-0.2, -0.15) is 4.98 Å². The summed E-state index contributed by atoms with van der Waals surface area (Å²) in [5.74, 6) is 2.19. The van der Waals surface area contributed by atoms with Crippen LogP contribution in [0, 0.1) is 5.92 Å². The van der Waals surface area contributed by atoms with E-state index in [9.17, 15) is 0 Å². The number of aromatic nitrogens is 2. The minimum atomic E-state index is 0.677. The van der Waals surface area contributed by atoms with Gasteiger partial charge in [-0.3, -0.25) is 0 Å². The number of hydrogen-bond acceptors (Lipinski definition) is 5. The molecule has 1 atom stereocenters. The lowest BCUT2D eigenvalue weighted by atomic mass is 9.97. The Labute approximate surface area is 110 Å². The van der Waals surface area contributed by atoms with Crippen LogP contribution in [0.5, 0.6) is 0 Å². The normalized spacial score (nSPS) is 20.8. The average Bonchev–Trinajstić information content (AvgIpc) is 2.98. The third-order valence-corrected chi connectivity index (χ3v) is 4.23. The van der Waals surface area contributed by atoms with Gasteiger partial charge in [-0.15, -0.1) is 11.3 Å². The minimum absolute atomic E-state index is 0.677. The van der Waals surface area contributed by atoms with Gasteiger partial charge in [-0.1, -0.05) is 11.2 Å². The molecule has 2 aromatic rings. The Hall–Kier alpha value is -1.20. The van der Waals surface area contributed by atoms with E-state index in [2.05, 4.69) is 15.5 Å². The maximum atomic E-state index is 5.36. The van der Waals surface area contributed by atoms with Crippen molar-refractivity contribution in [3.8, 4) is 10.7 Å². The highest BCUT2D eigenvalue weighted by molar-refractivity contribution is 7.13. The molecule has 2 aromatic heterocycles. The second kappa shape index (κ2) is 5.63. The molecule has 4 nitrogen and oxygen atoms in total. The lowest BCUT2D eigenvalue weighted by Gasteiger charge is -2.09. The first-order valence-corrected chi connectivity index (χ1v) is 7.37. The smallest absolute Gasteiger partial charge is 0.227 e. The highest BCUT2D eigenvalue weighted by Crippen LogP contribution is 2.23. The van der Waals surface area contributed by atoms with Crippen LogP contribution in [0.2, 0.25) is 0 Å². The molecule has 0 aromatic carbocycles. The molecule has 1 N–H and O–H groups in total. The molecule has 0 amide bonds. The number of nitrogens with zero attached hydrogens (tertiary/aromatic N) is 2. The van der Waals surface area contributed by atoms with Crippen molar-refractivity contribution in [2.24, 2.45) is 5.92 Å². The van der Waals surface area contributed by atoms with Crippen LogP contribution in [0.1, 0.15) is 25.2 Å². The molecule has 0 radical (unpaired) electrons. The predicted molar refractivity (Wildman–Crippen MR) is 71.5 cm³/mol. The number of hydrogen-bond donors (Lipinski definition) is 1. The zero-order valence-corrected chi connectivity index (χ0v) is 11.1. The van der Waals surface area contributed by atoms with Crippen LogP contribution in [0.15, 0.2) is 22.0 Å². The molecule has 1 aliphatic rings. The van der Waals surface area contributed by atoms with Crippen LogP contribution in [-0.2, 0) is 6.42 Å². The Kier molecular flexibility index (Phi) is 3.71. The van der Waals surface area contributed by atoms with Crippen molar-refractivity contribution in [1.82, 2.24) is 15.5 Å². The average molecular weight is 263 g/mol. The Morgan fingerprint density at radius 1 is 1.39 bits per heavy atom. The van der Waals surface area contributed by atoms with Gasteiger partial charge in [0.2, 0.25) is 11.7 Å². The fraction of sp³-hybridized carbons (Fsp3) is 0.538. The zero-order chi connectivity index (χ0) is 12.2. The second-order valence-corrected chi connectivity index (χ2v) is 5.69. The summed E-state index contributed by atoms with van der Waals surface area (Å²) < 4.78 is 5.36. The summed E-state index contributed by atoms with van der Waals surface area (Å²) in [5.41, 5.74) is 0. The molecule has 0 bridgehead atoms. The van der Waals surface area contributed by atoms with Gasteiger partial charge in [0, 0.05) is 6.42 Å². The standard InChI is InChI=1S/C13H17N3OS/c1-3-10(5-7-14-6-1)9-12-15-13(16-17-12)11-4-2-8-18-11/h2,4,8,10,14H,1,3,5-7,9H2. The van der Waals surface area contributed by atoms with Gasteiger partial charge >= 0.3 is 0 Å². The summed E-state index contributed by atoms with van der Waals surface area (Å²) in [6.45, 7) is 2.25. The fourth-order valence-corrected chi connectivity index (χ4v) is 3.04. The van der Waals surface area contributed by atoms with Gasteiger partial charge in [0.05, 0.1) is 4.88 Å². The van der Waals surface area contributed by atoms with Gasteiger partial charge < -0.3 is 9.84 Å². The number of nitrogens with one attached hydrogen (secondary N) is 1. The van der Waals surface area contributed by atoms with E-state index in [1.54, 1.807) is 11.3 Å². The Morgan fingerprint density at radius 3 is 3.28 bits per heavy atom. The van der Waals surface area contributed by atoms with E-state index in [0.717, 1.165) is 36.1 Å². The van der Waals surface area contributed by atoms with Crippen LogP contribution in [0.4, 0.5) is 0 Å². The van der Waals surface area contributed by atoms with E-state index in [1.165, 1.54) is 19.3 Å². The molecular weight excluding hydrogens is 246 g/mol. The van der Waals surface area contributed by atoms with Crippen molar-refractivity contribution >= 4 is 11.3 Å². The first-order valence-electron chi connectivity index (χ1n) is 6.49. The topological polar surface area (TPSA) is 51.0 Å². The van der Waals surface area contributed by atoms with E-state index in [1.807, 2.05) is 17.5 Å². The summed E-state index contributed by atoms with van der Waals surface area (Å²) in [7, 11) is 0. The van der Waals surface area contributed by atoms with Crippen molar-refractivity contribution in [1.29, 1.82) is 0 Å². The molecule has 1 saturated heterocycles. The van der Waals surface area contributed by atoms with Gasteiger partial charge in [0.15, 0.2) is 0 Å². The van der Waals surface area contributed by atoms with Crippen molar-refractivity contribution in [3.05, 3.63) is 23.4 Å². The molecule has 96 valence electrons. The summed E-state index contributed by atoms with van der Waals surface area (Å²) in [5, 5.41) is 9.51. The maximum absolute atomic E-state index is 5.36. The zero-order valence-electron chi connectivity index (χ0n) is 10.3. The molecule has 3 rings (SSSR count). The minimum Gasteiger partial charge on any atom is -0.339 e. The molecule has 0 saturated carbocycles. The van der Waals surface area contributed by atoms with E-state index in [4.69, 9.17) is 4.52 Å². The first kappa shape index (κ1) is 11.9. The van der Waals surface area contributed by atoms with E-state index >= 15 is 0 Å². The lowest BCUT2D eigenvalue weighted by Crippen LogP contribution is -2.14. The molecule has 18 heavy (non-hydrogen) atoms. The van der Waals surface area contributed by atoms with Crippen LogP contribution >= 0.6 is 11.3 Å². The third-order valence-electron chi connectivity index (χ3n) is 3.37. The van der Waals surface area contributed by atoms with Gasteiger partial charge in [0.25, 0.3) is 0 Å². The van der Waals surface area contributed by atoms with Crippen LogP contribution in [0.25, 0.3) is 10.7 Å². The highest BCUT2D eigenvalue weighted by Gasteiger charge is 2.17. The SMILES string of the molecule is c1csc(-c2noc(CC3CCCNCC3)n2)c1. The van der Waals surface area contributed by atoms with Crippen molar-refractivity contribution in [2.45, 2.75) is 25.7 Å². The Bertz CT molecular complexity index is 472. The molecule has 0 spiro atoms. The van der Waals surface area contributed by atoms with Crippen LogP contribution in [0.3, 0.4) is 0 Å². The third kappa shape index (κ3) is 2.79. The molecule has 1 unspecified atom stereocenters. The van der Waals surface area contributed by atoms with Crippen LogP contribution in [-0.4, -0.2) is 23.2 Å². The van der Waals surface area contributed by atoms with E-state index in [0.29, 0.717) is 5.92 Å². The van der Waals surface area contributed by atoms with Gasteiger partial charge in [-0.25, -0.2) is 0 Å². The van der Waals surface area contributed by atoms with Crippen molar-refractivity contribution in [3.63, 3.8) is 0 Å². The number of rotatable bonds is 3. The van der Waals surface area contributed by atoms with Gasteiger partial charge in [0.1, 0.15) is 0 Å². The van der Waals surface area contributed by atoms with Crippen molar-refractivity contribution < 1.29 is 4.52 Å². The molecule has 0 aliphatic carbocycles. The lowest BCUT2D eigenvalue weighted by molar-refractivity contribution is 0.341. The summed E-state index contributed by atoms with van der Waals surface area (Å²) in [6.07, 6.45) is 4.62. The molecule has 5 heteroatoms. The van der Waals surface area contributed by atoms with E-state index in [-0.39, 0.29) is 0 Å². The Morgan fingerprint density at radius 2 is 2.39 bits per heavy atom. The summed E-state index contributed by atoms with van der Waals surface area (Å²) in [4.78, 5) is 5.57. The summed E-state index contributed by atoms with van der Waals surface area (Å²) >= 11 is 1.64. The molecule has 3 heterocycles. The number of thiophene rings is 1. The first-order chi connectivity index (χ1) is 8.92. The molecule has 1 aliphatic heterocycles. The fourth-order valence-electron chi connectivity index (χ4n) is 2.39. The highest BCUT2D eigenvalue weighted by atomic mass is 32.1. The van der Waals surface area contributed by atoms with Crippen molar-refractivity contribution in [2.75, 3.05) is 13.1 Å². The van der Waals surface area contributed by atoms with Crippen LogP contribution < -0.4 is 5.32 Å². The maximum Gasteiger partial charge on any atom is 0.227 e. The van der Waals surface area contributed by atoms with Gasteiger partial charge in [-0.05, 0) is 49.7 Å². The molecule has 1 fully saturated rings. The second-order valence-electron chi connectivity index (χ2n) is 4.74.